The highest BCUT2D eigenvalue weighted by Gasteiger charge is 2.26. The zero-order chi connectivity index (χ0) is 16.2. The standard InChI is InChI=1S/C14H15ClN4O2S2/c15-10-4-2-1-3-9(10)11-7-19(5-6-21-11)12(20)8-22-14-18-17-13(16)23-14/h1-4,11H,5-8H2,(H2,16,17)/t11-/m0/s1. The molecular weight excluding hydrogens is 356 g/mol. The number of benzene rings is 1. The Balaban J connectivity index is 1.59. The van der Waals surface area contributed by atoms with Gasteiger partial charge in [0.1, 0.15) is 6.10 Å². The Labute approximate surface area is 147 Å². The molecule has 1 aromatic carbocycles. The van der Waals surface area contributed by atoms with E-state index in [1.807, 2.05) is 24.3 Å². The molecule has 0 aliphatic carbocycles. The number of amides is 1. The number of morpholine rings is 1. The van der Waals surface area contributed by atoms with Crippen LogP contribution in [-0.4, -0.2) is 46.5 Å². The molecule has 1 aliphatic heterocycles. The Morgan fingerprint density at radius 2 is 2.30 bits per heavy atom. The molecule has 1 atom stereocenters. The zero-order valence-corrected chi connectivity index (χ0v) is 14.5. The molecule has 0 radical (unpaired) electrons. The molecule has 0 spiro atoms. The van der Waals surface area contributed by atoms with Gasteiger partial charge in [0.15, 0.2) is 4.34 Å². The molecule has 2 aromatic rings. The summed E-state index contributed by atoms with van der Waals surface area (Å²) in [6.07, 6.45) is -0.191. The van der Waals surface area contributed by atoms with E-state index in [1.165, 1.54) is 23.1 Å². The van der Waals surface area contributed by atoms with Crippen molar-refractivity contribution in [2.24, 2.45) is 0 Å². The predicted octanol–water partition coefficient (Wildman–Crippen LogP) is 2.47. The van der Waals surface area contributed by atoms with Crippen LogP contribution in [-0.2, 0) is 9.53 Å². The molecule has 23 heavy (non-hydrogen) atoms. The fourth-order valence-electron chi connectivity index (χ4n) is 2.29. The molecule has 1 amide bonds. The summed E-state index contributed by atoms with van der Waals surface area (Å²) < 4.78 is 6.47. The van der Waals surface area contributed by atoms with Crippen LogP contribution in [0.15, 0.2) is 28.6 Å². The number of hydrogen-bond donors (Lipinski definition) is 1. The van der Waals surface area contributed by atoms with Gasteiger partial charge < -0.3 is 15.4 Å². The summed E-state index contributed by atoms with van der Waals surface area (Å²) in [4.78, 5) is 14.2. The lowest BCUT2D eigenvalue weighted by atomic mass is 10.1. The molecule has 2 N–H and O–H groups in total. The van der Waals surface area contributed by atoms with Gasteiger partial charge in [0, 0.05) is 17.1 Å². The molecular formula is C14H15ClN4O2S2. The first-order chi connectivity index (χ1) is 11.1. The molecule has 6 nitrogen and oxygen atoms in total. The lowest BCUT2D eigenvalue weighted by molar-refractivity contribution is -0.136. The van der Waals surface area contributed by atoms with Gasteiger partial charge in [-0.1, -0.05) is 52.9 Å². The van der Waals surface area contributed by atoms with Gasteiger partial charge in [-0.05, 0) is 6.07 Å². The van der Waals surface area contributed by atoms with E-state index < -0.39 is 0 Å². The highest BCUT2D eigenvalue weighted by molar-refractivity contribution is 8.01. The predicted molar refractivity (Wildman–Crippen MR) is 91.8 cm³/mol. The van der Waals surface area contributed by atoms with Crippen molar-refractivity contribution in [3.8, 4) is 0 Å². The second-order valence-corrected chi connectivity index (χ2v) is 7.55. The van der Waals surface area contributed by atoms with Crippen LogP contribution in [0.1, 0.15) is 11.7 Å². The number of aromatic nitrogens is 2. The Morgan fingerprint density at radius 1 is 1.48 bits per heavy atom. The van der Waals surface area contributed by atoms with Crippen molar-refractivity contribution in [2.45, 2.75) is 10.4 Å². The highest BCUT2D eigenvalue weighted by atomic mass is 35.5. The van der Waals surface area contributed by atoms with Crippen molar-refractivity contribution in [1.29, 1.82) is 0 Å². The molecule has 122 valence electrons. The van der Waals surface area contributed by atoms with E-state index in [0.717, 1.165) is 5.56 Å². The van der Waals surface area contributed by atoms with Gasteiger partial charge in [0.25, 0.3) is 0 Å². The number of nitrogens with two attached hydrogens (primary N) is 1. The normalized spacial score (nSPS) is 18.1. The first kappa shape index (κ1) is 16.5. The number of halogens is 1. The average Bonchev–Trinajstić information content (AvgIpc) is 2.98. The van der Waals surface area contributed by atoms with Gasteiger partial charge in [-0.25, -0.2) is 0 Å². The van der Waals surface area contributed by atoms with Crippen molar-refractivity contribution in [3.05, 3.63) is 34.9 Å². The van der Waals surface area contributed by atoms with E-state index in [2.05, 4.69) is 10.2 Å². The Kier molecular flexibility index (Phi) is 5.37. The van der Waals surface area contributed by atoms with Crippen LogP contribution in [0.3, 0.4) is 0 Å². The zero-order valence-electron chi connectivity index (χ0n) is 12.1. The third-order valence-corrected chi connectivity index (χ3v) is 5.63. The third-order valence-electron chi connectivity index (χ3n) is 3.41. The van der Waals surface area contributed by atoms with Crippen LogP contribution >= 0.6 is 34.7 Å². The van der Waals surface area contributed by atoms with E-state index in [4.69, 9.17) is 22.1 Å². The van der Waals surface area contributed by atoms with E-state index in [9.17, 15) is 4.79 Å². The molecule has 1 aliphatic rings. The maximum absolute atomic E-state index is 12.4. The van der Waals surface area contributed by atoms with Crippen molar-refractivity contribution >= 4 is 45.7 Å². The molecule has 0 unspecified atom stereocenters. The molecule has 9 heteroatoms. The minimum absolute atomic E-state index is 0.0455. The van der Waals surface area contributed by atoms with Crippen LogP contribution in [0, 0.1) is 0 Å². The Morgan fingerprint density at radius 3 is 3.04 bits per heavy atom. The molecule has 1 aromatic heterocycles. The summed E-state index contributed by atoms with van der Waals surface area (Å²) in [5.74, 6) is 0.355. The second-order valence-electron chi connectivity index (χ2n) is 4.92. The number of carbonyl (C=O) groups is 1. The highest BCUT2D eigenvalue weighted by Crippen LogP contribution is 2.29. The van der Waals surface area contributed by atoms with Gasteiger partial charge in [-0.3, -0.25) is 4.79 Å². The average molecular weight is 371 g/mol. The number of ether oxygens (including phenoxy) is 1. The summed E-state index contributed by atoms with van der Waals surface area (Å²) >= 11 is 8.85. The minimum Gasteiger partial charge on any atom is -0.374 e. The van der Waals surface area contributed by atoms with Crippen LogP contribution in [0.2, 0.25) is 5.02 Å². The van der Waals surface area contributed by atoms with Gasteiger partial charge in [0.05, 0.1) is 18.9 Å². The van der Waals surface area contributed by atoms with Gasteiger partial charge in [-0.15, -0.1) is 10.2 Å². The van der Waals surface area contributed by atoms with Crippen molar-refractivity contribution < 1.29 is 9.53 Å². The lowest BCUT2D eigenvalue weighted by Crippen LogP contribution is -2.43. The fourth-order valence-corrected chi connectivity index (χ4v) is 4.09. The molecule has 1 saturated heterocycles. The fraction of sp³-hybridized carbons (Fsp3) is 0.357. The summed E-state index contributed by atoms with van der Waals surface area (Å²) in [6.45, 7) is 1.58. The van der Waals surface area contributed by atoms with Crippen LogP contribution < -0.4 is 5.73 Å². The molecule has 0 bridgehead atoms. The monoisotopic (exact) mass is 370 g/mol. The number of nitrogens with zero attached hydrogens (tertiary/aromatic N) is 3. The first-order valence-electron chi connectivity index (χ1n) is 6.99. The molecule has 0 saturated carbocycles. The SMILES string of the molecule is Nc1nnc(SCC(=O)N2CCO[C@H](c3ccccc3Cl)C2)s1. The number of anilines is 1. The smallest absolute Gasteiger partial charge is 0.233 e. The number of hydrogen-bond acceptors (Lipinski definition) is 7. The molecule has 2 heterocycles. The quantitative estimate of drug-likeness (QED) is 0.832. The number of carbonyl (C=O) groups excluding carboxylic acids is 1. The minimum atomic E-state index is -0.191. The van der Waals surface area contributed by atoms with Crippen molar-refractivity contribution in [2.75, 3.05) is 31.2 Å². The number of nitrogen functional groups attached to an aromatic ring is 1. The topological polar surface area (TPSA) is 81.3 Å². The number of thioether (sulfide) groups is 1. The Bertz CT molecular complexity index is 697. The van der Waals surface area contributed by atoms with Crippen molar-refractivity contribution in [1.82, 2.24) is 15.1 Å². The maximum Gasteiger partial charge on any atom is 0.233 e. The first-order valence-corrected chi connectivity index (χ1v) is 9.17. The van der Waals surface area contributed by atoms with E-state index >= 15 is 0 Å². The van der Waals surface area contributed by atoms with Crippen LogP contribution in [0.4, 0.5) is 5.13 Å². The van der Waals surface area contributed by atoms with E-state index in [0.29, 0.717) is 39.9 Å². The van der Waals surface area contributed by atoms with Crippen molar-refractivity contribution in [3.63, 3.8) is 0 Å². The number of rotatable bonds is 4. The Hall–Kier alpha value is -1.35. The van der Waals surface area contributed by atoms with Gasteiger partial charge >= 0.3 is 0 Å². The lowest BCUT2D eigenvalue weighted by Gasteiger charge is -2.33. The molecule has 1 fully saturated rings. The van der Waals surface area contributed by atoms with E-state index in [-0.39, 0.29) is 12.0 Å². The summed E-state index contributed by atoms with van der Waals surface area (Å²) in [5.41, 5.74) is 6.44. The van der Waals surface area contributed by atoms with Crippen LogP contribution in [0.5, 0.6) is 0 Å². The largest absolute Gasteiger partial charge is 0.374 e. The van der Waals surface area contributed by atoms with E-state index in [1.54, 1.807) is 4.90 Å². The summed E-state index contributed by atoms with van der Waals surface area (Å²) in [7, 11) is 0. The third kappa shape index (κ3) is 4.14. The van der Waals surface area contributed by atoms with Gasteiger partial charge in [-0.2, -0.15) is 0 Å². The summed E-state index contributed by atoms with van der Waals surface area (Å²) in [6, 6.07) is 7.56. The molecule has 3 rings (SSSR count). The van der Waals surface area contributed by atoms with Crippen LogP contribution in [0.25, 0.3) is 0 Å². The second kappa shape index (κ2) is 7.48. The maximum atomic E-state index is 12.4. The summed E-state index contributed by atoms with van der Waals surface area (Å²) in [5, 5.41) is 8.70. The van der Waals surface area contributed by atoms with Gasteiger partial charge in [0.2, 0.25) is 11.0 Å².